The molecule has 0 unspecified atom stereocenters. The lowest BCUT2D eigenvalue weighted by atomic mass is 10.1. The summed E-state index contributed by atoms with van der Waals surface area (Å²) in [5.41, 5.74) is 0.130. The number of anilines is 1. The van der Waals surface area contributed by atoms with Gasteiger partial charge in [0.15, 0.2) is 0 Å². The molecule has 0 aromatic heterocycles. The number of hydrogen-bond acceptors (Lipinski definition) is 4. The third kappa shape index (κ3) is 2.54. The van der Waals surface area contributed by atoms with E-state index in [1.807, 2.05) is 6.92 Å². The van der Waals surface area contributed by atoms with E-state index in [9.17, 15) is 14.5 Å². The van der Waals surface area contributed by atoms with Gasteiger partial charge in [0.2, 0.25) is 0 Å². The topological polar surface area (TPSA) is 58.4 Å². The lowest BCUT2D eigenvalue weighted by molar-refractivity contribution is -0.384. The van der Waals surface area contributed by atoms with Crippen LogP contribution < -0.4 is 10.2 Å². The molecule has 7 heteroatoms. The Labute approximate surface area is 109 Å². The molecule has 0 amide bonds. The minimum atomic E-state index is -0.636. The molecule has 0 bridgehead atoms. The molecule has 0 radical (unpaired) electrons. The van der Waals surface area contributed by atoms with Crippen molar-refractivity contribution in [3.05, 3.63) is 33.1 Å². The Kier molecular flexibility index (Phi) is 3.68. The molecule has 1 aliphatic heterocycles. The van der Waals surface area contributed by atoms with Crippen molar-refractivity contribution in [3.8, 4) is 0 Å². The summed E-state index contributed by atoms with van der Waals surface area (Å²) < 4.78 is 13.5. The molecular formula is C11H13ClFN3O2. The highest BCUT2D eigenvalue weighted by atomic mass is 35.5. The molecule has 98 valence electrons. The smallest absolute Gasteiger partial charge is 0.294 e. The molecule has 1 aliphatic rings. The minimum Gasteiger partial charge on any atom is -0.363 e. The highest BCUT2D eigenvalue weighted by Crippen LogP contribution is 2.33. The highest BCUT2D eigenvalue weighted by Gasteiger charge is 2.25. The largest absolute Gasteiger partial charge is 0.363 e. The number of nitrogens with one attached hydrogen (secondary N) is 1. The van der Waals surface area contributed by atoms with Gasteiger partial charge in [-0.3, -0.25) is 10.1 Å². The standard InChI is InChI=1S/C11H13ClFN3O2/c1-7-6-15(3-2-14-7)10-5-9(13)8(12)4-11(10)16(17)18/h4-5,7,14H,2-3,6H2,1H3/t7-/m1/s1. The van der Waals surface area contributed by atoms with Gasteiger partial charge < -0.3 is 10.2 Å². The van der Waals surface area contributed by atoms with Gasteiger partial charge in [-0.15, -0.1) is 0 Å². The summed E-state index contributed by atoms with van der Waals surface area (Å²) in [7, 11) is 0. The number of benzene rings is 1. The zero-order valence-corrected chi connectivity index (χ0v) is 10.6. The van der Waals surface area contributed by atoms with Gasteiger partial charge in [-0.2, -0.15) is 0 Å². The van der Waals surface area contributed by atoms with Crippen LogP contribution in [0.15, 0.2) is 12.1 Å². The quantitative estimate of drug-likeness (QED) is 0.663. The van der Waals surface area contributed by atoms with Crippen LogP contribution in [-0.4, -0.2) is 30.6 Å². The highest BCUT2D eigenvalue weighted by molar-refractivity contribution is 6.31. The maximum Gasteiger partial charge on any atom is 0.294 e. The number of hydrogen-bond donors (Lipinski definition) is 1. The minimum absolute atomic E-state index is 0.157. The SMILES string of the molecule is C[C@@H]1CN(c2cc(F)c(Cl)cc2[N+](=O)[O-])CCN1. The molecule has 0 aliphatic carbocycles. The van der Waals surface area contributed by atoms with E-state index >= 15 is 0 Å². The van der Waals surface area contributed by atoms with E-state index in [0.29, 0.717) is 19.6 Å². The number of piperazine rings is 1. The zero-order valence-electron chi connectivity index (χ0n) is 9.82. The van der Waals surface area contributed by atoms with Gasteiger partial charge in [-0.1, -0.05) is 11.6 Å². The first-order chi connectivity index (χ1) is 8.49. The average molecular weight is 274 g/mol. The summed E-state index contributed by atoms with van der Waals surface area (Å²) in [5.74, 6) is -0.636. The van der Waals surface area contributed by atoms with E-state index in [2.05, 4.69) is 5.32 Å². The Morgan fingerprint density at radius 2 is 2.33 bits per heavy atom. The summed E-state index contributed by atoms with van der Waals surface area (Å²) in [4.78, 5) is 12.3. The zero-order chi connectivity index (χ0) is 13.3. The van der Waals surface area contributed by atoms with Gasteiger partial charge in [-0.25, -0.2) is 4.39 Å². The molecule has 1 fully saturated rings. The van der Waals surface area contributed by atoms with Gasteiger partial charge >= 0.3 is 0 Å². The van der Waals surface area contributed by atoms with Gasteiger partial charge in [0, 0.05) is 37.8 Å². The third-order valence-corrected chi connectivity index (χ3v) is 3.21. The van der Waals surface area contributed by atoms with Crippen molar-refractivity contribution in [1.82, 2.24) is 5.32 Å². The van der Waals surface area contributed by atoms with Crippen LogP contribution in [0.4, 0.5) is 15.8 Å². The average Bonchev–Trinajstić information content (AvgIpc) is 2.31. The van der Waals surface area contributed by atoms with Crippen LogP contribution in [0.3, 0.4) is 0 Å². The predicted molar refractivity (Wildman–Crippen MR) is 67.7 cm³/mol. The molecular weight excluding hydrogens is 261 g/mol. The second-order valence-electron chi connectivity index (χ2n) is 4.31. The van der Waals surface area contributed by atoms with Crippen molar-refractivity contribution in [3.63, 3.8) is 0 Å². The maximum absolute atomic E-state index is 13.5. The van der Waals surface area contributed by atoms with E-state index < -0.39 is 10.7 Å². The Hall–Kier alpha value is -1.40. The van der Waals surface area contributed by atoms with E-state index in [0.717, 1.165) is 12.1 Å². The molecule has 5 nitrogen and oxygen atoms in total. The molecule has 1 aromatic rings. The summed E-state index contributed by atoms with van der Waals surface area (Å²) in [5, 5.41) is 14.0. The monoisotopic (exact) mass is 273 g/mol. The van der Waals surface area contributed by atoms with Gasteiger partial charge in [-0.05, 0) is 6.92 Å². The second kappa shape index (κ2) is 5.07. The molecule has 0 spiro atoms. The van der Waals surface area contributed by atoms with E-state index in [4.69, 9.17) is 11.6 Å². The van der Waals surface area contributed by atoms with Crippen molar-refractivity contribution in [2.45, 2.75) is 13.0 Å². The molecule has 1 saturated heterocycles. The molecule has 1 aromatic carbocycles. The van der Waals surface area contributed by atoms with Crippen LogP contribution in [0.5, 0.6) is 0 Å². The van der Waals surface area contributed by atoms with Crippen LogP contribution in [0.25, 0.3) is 0 Å². The second-order valence-corrected chi connectivity index (χ2v) is 4.72. The molecule has 0 saturated carbocycles. The molecule has 1 atom stereocenters. The van der Waals surface area contributed by atoms with Gasteiger partial charge in [0.1, 0.15) is 11.5 Å². The Morgan fingerprint density at radius 3 is 2.94 bits per heavy atom. The number of nitro benzene ring substituents is 1. The Bertz CT molecular complexity index is 484. The first kappa shape index (κ1) is 13.0. The molecule has 1 heterocycles. The normalized spacial score (nSPS) is 19.9. The van der Waals surface area contributed by atoms with Crippen molar-refractivity contribution < 1.29 is 9.31 Å². The number of nitro groups is 1. The maximum atomic E-state index is 13.5. The first-order valence-corrected chi connectivity index (χ1v) is 5.98. The molecule has 2 rings (SSSR count). The predicted octanol–water partition coefficient (Wildman–Crippen LogP) is 2.19. The molecule has 18 heavy (non-hydrogen) atoms. The van der Waals surface area contributed by atoms with Crippen LogP contribution in [0.1, 0.15) is 6.92 Å². The summed E-state index contributed by atoms with van der Waals surface area (Å²) in [6.07, 6.45) is 0. The van der Waals surface area contributed by atoms with Crippen LogP contribution in [-0.2, 0) is 0 Å². The van der Waals surface area contributed by atoms with E-state index in [1.165, 1.54) is 0 Å². The van der Waals surface area contributed by atoms with E-state index in [1.54, 1.807) is 4.90 Å². The fraction of sp³-hybridized carbons (Fsp3) is 0.455. The lowest BCUT2D eigenvalue weighted by Crippen LogP contribution is -2.49. The van der Waals surface area contributed by atoms with Crippen LogP contribution in [0, 0.1) is 15.9 Å². The van der Waals surface area contributed by atoms with Crippen molar-refractivity contribution in [2.24, 2.45) is 0 Å². The fourth-order valence-corrected chi connectivity index (χ4v) is 2.23. The number of rotatable bonds is 2. The Morgan fingerprint density at radius 1 is 1.61 bits per heavy atom. The van der Waals surface area contributed by atoms with Gasteiger partial charge in [0.05, 0.1) is 9.95 Å². The van der Waals surface area contributed by atoms with E-state index in [-0.39, 0.29) is 22.4 Å². The summed E-state index contributed by atoms with van der Waals surface area (Å²) >= 11 is 5.59. The van der Waals surface area contributed by atoms with Crippen LogP contribution in [0.2, 0.25) is 5.02 Å². The van der Waals surface area contributed by atoms with Gasteiger partial charge in [0.25, 0.3) is 5.69 Å². The lowest BCUT2D eigenvalue weighted by Gasteiger charge is -2.33. The first-order valence-electron chi connectivity index (χ1n) is 5.61. The van der Waals surface area contributed by atoms with Crippen LogP contribution >= 0.6 is 11.6 Å². The third-order valence-electron chi connectivity index (χ3n) is 2.92. The number of halogens is 2. The van der Waals surface area contributed by atoms with Crippen molar-refractivity contribution >= 4 is 23.0 Å². The van der Waals surface area contributed by atoms with Crippen molar-refractivity contribution in [2.75, 3.05) is 24.5 Å². The molecule has 1 N–H and O–H groups in total. The number of nitrogens with zero attached hydrogens (tertiary/aromatic N) is 2. The summed E-state index contributed by atoms with van der Waals surface area (Å²) in [6.45, 7) is 3.89. The summed E-state index contributed by atoms with van der Waals surface area (Å²) in [6, 6.07) is 2.41. The van der Waals surface area contributed by atoms with Crippen molar-refractivity contribution in [1.29, 1.82) is 0 Å². The Balaban J connectivity index is 2.41. The fourth-order valence-electron chi connectivity index (χ4n) is 2.08.